The van der Waals surface area contributed by atoms with E-state index in [0.29, 0.717) is 0 Å². The fourth-order valence-corrected chi connectivity index (χ4v) is 6.46. The molecule has 1 unspecified atom stereocenters. The Morgan fingerprint density at radius 3 is 0.918 bits per heavy atom. The zero-order chi connectivity index (χ0) is 101. The van der Waals surface area contributed by atoms with Crippen LogP contribution in [0.1, 0.15) is 54.7 Å². The lowest BCUT2D eigenvalue weighted by atomic mass is 9.83. The Morgan fingerprint density at radius 1 is 0.344 bits per heavy atom. The van der Waals surface area contributed by atoms with E-state index < -0.39 is 86.4 Å². The molecule has 0 radical (unpaired) electrons. The predicted molar refractivity (Wildman–Crippen MR) is 481 cm³/mol. The fourth-order valence-electron chi connectivity index (χ4n) is 6.46. The lowest BCUT2D eigenvalue weighted by Gasteiger charge is -2.30. The van der Waals surface area contributed by atoms with E-state index in [0.717, 1.165) is 42.0 Å². The number of benzene rings is 3. The summed E-state index contributed by atoms with van der Waals surface area (Å²) >= 11 is 0. The number of alkyl carbamates (subject to hydrolysis) is 1. The molecule has 1 atom stereocenters. The second-order valence-corrected chi connectivity index (χ2v) is 14.2. The molecule has 0 saturated heterocycles. The van der Waals surface area contributed by atoms with Crippen molar-refractivity contribution in [3.8, 4) is 11.1 Å². The van der Waals surface area contributed by atoms with Crippen molar-refractivity contribution in [3.63, 3.8) is 0 Å². The van der Waals surface area contributed by atoms with E-state index in [4.69, 9.17) is 24.4 Å². The second kappa shape index (κ2) is 185. The number of ether oxygens (including phenoxy) is 2. The molecule has 122 heavy (non-hydrogen) atoms. The average molecular weight is 1750 g/mol. The number of carboxylic acid groups (broad SMARTS) is 1. The Bertz CT molecular complexity index is 2330. The first kappa shape index (κ1) is 165. The van der Waals surface area contributed by atoms with Crippen LogP contribution in [0.5, 0.6) is 0 Å². The summed E-state index contributed by atoms with van der Waals surface area (Å²) in [6, 6.07) is 24.4. The SMILES string of the molecule is C=C.C=C.C=C.C=C.C=C.C=C.C=C.C=C.C=C.C=C.C=C.C=C.C=C.C=C.C=C.C=C.C=C.C=C.C=C.C=C.C=C.C=C.C=C.C=C.COOOOOOOOOOOOOCC(COOOOOOOOOOOOOC)(COC(=O)NCCC(=O)O)CC(=O)CCC(=O)C(CC(=O)OCC1c2ccccc2-c2ccccc21)Cc1ccccc1. The molecule has 0 aromatic heterocycles. The van der Waals surface area contributed by atoms with Gasteiger partial charge in [0.05, 0.1) is 45.7 Å². The van der Waals surface area contributed by atoms with E-state index in [1.54, 1.807) is 30.3 Å². The summed E-state index contributed by atoms with van der Waals surface area (Å²) in [5.74, 6) is -4.24. The number of esters is 1. The van der Waals surface area contributed by atoms with Crippen LogP contribution in [0.15, 0.2) is 395 Å². The number of ketones is 2. The molecule has 0 aliphatic heterocycles. The smallest absolute Gasteiger partial charge is 0.407 e. The van der Waals surface area contributed by atoms with Gasteiger partial charge in [-0.25, -0.2) is 24.3 Å². The number of Topliss-reactive ketones (excluding diaryl/α,β-unsaturated/α-hetero) is 2. The normalized spacial score (nSPS) is 8.38. The first-order valence-corrected chi connectivity index (χ1v) is 32.7. The van der Waals surface area contributed by atoms with Crippen LogP contribution in [0.3, 0.4) is 0 Å². The molecule has 0 fully saturated rings. The van der Waals surface area contributed by atoms with Crippen molar-refractivity contribution in [2.75, 3.05) is 47.2 Å². The first-order chi connectivity index (χ1) is 60.1. The first-order valence-electron chi connectivity index (χ1n) is 32.7. The molecule has 2 N–H and O–H groups in total. The monoisotopic (exact) mass is 1740 g/mol. The molecule has 35 heteroatoms. The van der Waals surface area contributed by atoms with Crippen molar-refractivity contribution in [1.82, 2.24) is 5.32 Å². The molecular formula is C87H141NO34. The standard InChI is InChI=1S/C39H45NO34.24C2H4/c1-47-53-57-61-65-69-73-71-67-63-59-55-51-25-39(24-50-38(46)40-19-18-36(43)44,26-52-56-60-64-68-72-74-70-66-62-58-54-48-2)22-29(41)16-17-35(42)28(20-27-10-4-3-5-11-27)21-37(45)49-23-34-32-14-8-6-12-30(32)31-13-7-9-15-33(31)34;24*1-2/h3-15,28,34H,16-26H2,1-2H3,(H,40,46)(H,43,44);24*1-2H2. The summed E-state index contributed by atoms with van der Waals surface area (Å²) in [6.45, 7) is 141. The minimum Gasteiger partial charge on any atom is -0.481 e. The highest BCUT2D eigenvalue weighted by molar-refractivity contribution is 5.90. The van der Waals surface area contributed by atoms with Gasteiger partial charge in [0.25, 0.3) is 0 Å². The molecule has 0 bridgehead atoms. The number of aliphatic carboxylic acids is 1. The molecule has 4 rings (SSSR count). The highest BCUT2D eigenvalue weighted by Gasteiger charge is 2.38. The summed E-state index contributed by atoms with van der Waals surface area (Å²) in [4.78, 5) is 82.7. The molecule has 35 nitrogen and oxygen atoms in total. The predicted octanol–water partition coefficient (Wildman–Crippen LogP) is 23.0. The number of nitrogens with one attached hydrogen (secondary N) is 1. The fraction of sp³-hybridized carbons (Fsp3) is 0.184. The summed E-state index contributed by atoms with van der Waals surface area (Å²) < 4.78 is 11.0. The van der Waals surface area contributed by atoms with Gasteiger partial charge in [0, 0.05) is 37.6 Å². The van der Waals surface area contributed by atoms with E-state index in [1.807, 2.05) is 48.5 Å². The molecule has 0 saturated carbocycles. The third-order valence-electron chi connectivity index (χ3n) is 9.43. The van der Waals surface area contributed by atoms with Gasteiger partial charge in [0.15, 0.2) is 0 Å². The maximum Gasteiger partial charge on any atom is 0.407 e. The third kappa shape index (κ3) is 121. The number of amides is 1. The van der Waals surface area contributed by atoms with Crippen molar-refractivity contribution in [2.24, 2.45) is 11.3 Å². The van der Waals surface area contributed by atoms with Crippen molar-refractivity contribution in [3.05, 3.63) is 411 Å². The van der Waals surface area contributed by atoms with Crippen LogP contribution in [-0.4, -0.2) is 81.9 Å². The molecule has 3 aromatic rings. The third-order valence-corrected chi connectivity index (χ3v) is 9.43. The number of hydrogen-bond acceptors (Lipinski definition) is 33. The number of carboxylic acids is 1. The van der Waals surface area contributed by atoms with Gasteiger partial charge in [0.1, 0.15) is 24.8 Å². The highest BCUT2D eigenvalue weighted by atomic mass is 18.0. The summed E-state index contributed by atoms with van der Waals surface area (Å²) in [7, 11) is 2.11. The van der Waals surface area contributed by atoms with Crippen molar-refractivity contribution in [2.45, 2.75) is 44.4 Å². The minimum absolute atomic E-state index is 0.0154. The largest absolute Gasteiger partial charge is 0.481 e. The highest BCUT2D eigenvalue weighted by Crippen LogP contribution is 2.44. The Morgan fingerprint density at radius 2 is 0.623 bits per heavy atom. The van der Waals surface area contributed by atoms with Gasteiger partial charge in [-0.1, -0.05) is 78.9 Å². The van der Waals surface area contributed by atoms with Gasteiger partial charge in [-0.3, -0.25) is 19.2 Å². The lowest BCUT2D eigenvalue weighted by Crippen LogP contribution is -2.41. The van der Waals surface area contributed by atoms with Gasteiger partial charge < -0.3 is 19.9 Å². The molecule has 698 valence electrons. The van der Waals surface area contributed by atoms with Gasteiger partial charge in [-0.2, -0.15) is 0 Å². The maximum absolute atomic E-state index is 14.0. The van der Waals surface area contributed by atoms with Gasteiger partial charge in [0.2, 0.25) is 0 Å². The number of rotatable bonds is 45. The molecule has 1 aliphatic carbocycles. The van der Waals surface area contributed by atoms with E-state index >= 15 is 0 Å². The van der Waals surface area contributed by atoms with Crippen molar-refractivity contribution in [1.29, 1.82) is 0 Å². The van der Waals surface area contributed by atoms with Crippen molar-refractivity contribution < 1.29 is 169 Å². The summed E-state index contributed by atoms with van der Waals surface area (Å²) in [5, 5.41) is 96.1. The Kier molecular flexibility index (Phi) is 249. The molecule has 1 amide bonds. The Labute approximate surface area is 726 Å². The van der Waals surface area contributed by atoms with Crippen LogP contribution < -0.4 is 5.32 Å². The zero-order valence-corrected chi connectivity index (χ0v) is 72.3. The van der Waals surface area contributed by atoms with Crippen LogP contribution in [0, 0.1) is 11.3 Å². The van der Waals surface area contributed by atoms with Crippen LogP contribution >= 0.6 is 0 Å². The van der Waals surface area contributed by atoms with Gasteiger partial charge >= 0.3 is 18.0 Å². The number of hydrogen-bond donors (Lipinski definition) is 2. The van der Waals surface area contributed by atoms with Crippen LogP contribution in [0.2, 0.25) is 0 Å². The summed E-state index contributed by atoms with van der Waals surface area (Å²) in [6.07, 6.45) is -3.45. The number of carbonyl (C=O) groups excluding carboxylic acids is 4. The van der Waals surface area contributed by atoms with E-state index in [-0.39, 0.29) is 31.9 Å². The summed E-state index contributed by atoms with van der Waals surface area (Å²) in [5.41, 5.74) is 2.85. The quantitative estimate of drug-likeness (QED) is 0.0174. The molecular weight excluding hydrogens is 1600 g/mol. The average Bonchev–Trinajstić information content (AvgIpc) is 1.62. The Hall–Kier alpha value is -12.1. The Balaban J connectivity index is -0.0000000959. The van der Waals surface area contributed by atoms with Crippen LogP contribution in [0.4, 0.5) is 4.79 Å². The molecule has 1 aliphatic rings. The van der Waals surface area contributed by atoms with E-state index in [9.17, 15) is 24.0 Å². The number of fused-ring (bicyclic) bond motifs is 3. The van der Waals surface area contributed by atoms with E-state index in [1.165, 1.54) is 0 Å². The van der Waals surface area contributed by atoms with Crippen LogP contribution in [0.25, 0.3) is 11.1 Å². The molecule has 0 spiro atoms. The molecule has 3 aromatic carbocycles. The topological polar surface area (TPSA) is 376 Å². The van der Waals surface area contributed by atoms with Crippen LogP contribution in [-0.2, 0) is 165 Å². The maximum atomic E-state index is 14.0. The zero-order valence-electron chi connectivity index (χ0n) is 72.3. The van der Waals surface area contributed by atoms with Gasteiger partial charge in [-0.15, -0.1) is 316 Å². The number of carbonyl (C=O) groups is 5. The minimum atomic E-state index is -1.93. The molecule has 0 heterocycles. The van der Waals surface area contributed by atoms with E-state index in [2.05, 4.69) is 442 Å². The van der Waals surface area contributed by atoms with Crippen molar-refractivity contribution >= 4 is 29.6 Å². The lowest BCUT2D eigenvalue weighted by molar-refractivity contribution is -0.870. The van der Waals surface area contributed by atoms with Gasteiger partial charge in [-0.05, 0) is 145 Å². The second-order valence-electron chi connectivity index (χ2n) is 14.2.